The van der Waals surface area contributed by atoms with Crippen LogP contribution in [0, 0.1) is 17.3 Å². The van der Waals surface area contributed by atoms with Gasteiger partial charge in [0.05, 0.1) is 10.6 Å². The number of fused-ring (bicyclic) bond motifs is 1. The fourth-order valence-electron chi connectivity index (χ4n) is 4.15. The van der Waals surface area contributed by atoms with Crippen molar-refractivity contribution in [1.29, 1.82) is 0 Å². The van der Waals surface area contributed by atoms with Gasteiger partial charge in [0.1, 0.15) is 0 Å². The van der Waals surface area contributed by atoms with Crippen LogP contribution in [0.15, 0.2) is 29.8 Å². The Morgan fingerprint density at radius 3 is 2.72 bits per heavy atom. The third-order valence-corrected chi connectivity index (χ3v) is 6.14. The Balaban J connectivity index is 1.58. The van der Waals surface area contributed by atoms with Crippen molar-refractivity contribution >= 4 is 29.1 Å². The van der Waals surface area contributed by atoms with Crippen molar-refractivity contribution in [2.45, 2.75) is 40.0 Å². The van der Waals surface area contributed by atoms with Crippen molar-refractivity contribution in [2.75, 3.05) is 11.9 Å². The highest BCUT2D eigenvalue weighted by Crippen LogP contribution is 2.59. The number of anilines is 1. The molecule has 2 N–H and O–H groups in total. The summed E-state index contributed by atoms with van der Waals surface area (Å²) in [5, 5.41) is 6.01. The van der Waals surface area contributed by atoms with Crippen LogP contribution >= 0.6 is 11.6 Å². The van der Waals surface area contributed by atoms with Crippen LogP contribution < -0.4 is 10.6 Å². The Morgan fingerprint density at radius 1 is 1.32 bits per heavy atom. The second-order valence-corrected chi connectivity index (χ2v) is 8.11. The van der Waals surface area contributed by atoms with Gasteiger partial charge >= 0.3 is 0 Å². The quantitative estimate of drug-likeness (QED) is 0.764. The molecule has 0 aromatic heterocycles. The molecule has 4 nitrogen and oxygen atoms in total. The molecule has 134 valence electrons. The van der Waals surface area contributed by atoms with Crippen LogP contribution in [0.1, 0.15) is 50.4 Å². The number of rotatable bonds is 5. The third-order valence-electron chi connectivity index (χ3n) is 5.81. The molecule has 1 fully saturated rings. The van der Waals surface area contributed by atoms with Crippen LogP contribution in [0.25, 0.3) is 0 Å². The highest BCUT2D eigenvalue weighted by molar-refractivity contribution is 6.34. The summed E-state index contributed by atoms with van der Waals surface area (Å²) in [7, 11) is 0. The largest absolute Gasteiger partial charge is 0.352 e. The van der Waals surface area contributed by atoms with E-state index in [1.165, 1.54) is 18.9 Å². The first kappa shape index (κ1) is 18.0. The summed E-state index contributed by atoms with van der Waals surface area (Å²) in [6.45, 7) is 6.73. The predicted molar refractivity (Wildman–Crippen MR) is 101 cm³/mol. The molecule has 25 heavy (non-hydrogen) atoms. The highest BCUT2D eigenvalue weighted by Gasteiger charge is 2.50. The summed E-state index contributed by atoms with van der Waals surface area (Å²) in [4.78, 5) is 23.6. The maximum absolute atomic E-state index is 12.4. The van der Waals surface area contributed by atoms with E-state index in [1.807, 2.05) is 0 Å². The zero-order valence-electron chi connectivity index (χ0n) is 15.0. The van der Waals surface area contributed by atoms with E-state index in [4.69, 9.17) is 11.6 Å². The normalized spacial score (nSPS) is 23.3. The smallest absolute Gasteiger partial charge is 0.252 e. The predicted octanol–water partition coefficient (Wildman–Crippen LogP) is 4.41. The Hall–Kier alpha value is -1.81. The highest BCUT2D eigenvalue weighted by atomic mass is 35.5. The van der Waals surface area contributed by atoms with E-state index in [9.17, 15) is 9.59 Å². The average molecular weight is 361 g/mol. The number of carbonyl (C=O) groups is 2. The summed E-state index contributed by atoms with van der Waals surface area (Å²) >= 11 is 6.14. The minimum atomic E-state index is -0.209. The van der Waals surface area contributed by atoms with Crippen molar-refractivity contribution < 1.29 is 9.59 Å². The van der Waals surface area contributed by atoms with Crippen LogP contribution in [0.3, 0.4) is 0 Å². The van der Waals surface area contributed by atoms with Crippen LogP contribution in [-0.4, -0.2) is 18.4 Å². The van der Waals surface area contributed by atoms with E-state index in [0.717, 1.165) is 18.8 Å². The Kier molecular flexibility index (Phi) is 4.92. The zero-order valence-corrected chi connectivity index (χ0v) is 15.7. The van der Waals surface area contributed by atoms with Crippen LogP contribution in [-0.2, 0) is 4.79 Å². The molecule has 1 saturated carbocycles. The van der Waals surface area contributed by atoms with Crippen LogP contribution in [0.4, 0.5) is 5.69 Å². The van der Waals surface area contributed by atoms with E-state index in [0.29, 0.717) is 34.2 Å². The molecule has 1 aromatic rings. The first-order chi connectivity index (χ1) is 11.8. The SMILES string of the molecule is CC(=O)Nc1ccc(Cl)c(C(=O)NCCC2=CC[C@H]3C[C@@H]2C3(C)C)c1. The van der Waals surface area contributed by atoms with Gasteiger partial charge in [-0.25, -0.2) is 0 Å². The number of amides is 2. The molecule has 2 amide bonds. The topological polar surface area (TPSA) is 58.2 Å². The molecule has 4 rings (SSSR count). The first-order valence-corrected chi connectivity index (χ1v) is 9.21. The van der Waals surface area contributed by atoms with Crippen LogP contribution in [0.5, 0.6) is 0 Å². The van der Waals surface area contributed by atoms with Crippen molar-refractivity contribution in [3.8, 4) is 0 Å². The van der Waals surface area contributed by atoms with Crippen molar-refractivity contribution in [1.82, 2.24) is 5.32 Å². The fraction of sp³-hybridized carbons (Fsp3) is 0.500. The lowest BCUT2D eigenvalue weighted by molar-refractivity contribution is -0.114. The number of allylic oxidation sites excluding steroid dienone is 1. The molecule has 0 saturated heterocycles. The number of hydrogen-bond donors (Lipinski definition) is 2. The molecule has 0 unspecified atom stereocenters. The lowest BCUT2D eigenvalue weighted by atomic mass is 9.48. The molecular formula is C20H25ClN2O2. The van der Waals surface area contributed by atoms with E-state index >= 15 is 0 Å². The number of benzene rings is 1. The second kappa shape index (κ2) is 6.83. The van der Waals surface area contributed by atoms with Crippen molar-refractivity contribution in [3.63, 3.8) is 0 Å². The Bertz CT molecular complexity index is 739. The maximum atomic E-state index is 12.4. The molecule has 3 aliphatic rings. The molecule has 2 bridgehead atoms. The number of hydrogen-bond acceptors (Lipinski definition) is 2. The van der Waals surface area contributed by atoms with Gasteiger partial charge in [0.2, 0.25) is 5.91 Å². The average Bonchev–Trinajstić information content (AvgIpc) is 2.56. The number of halogens is 1. The molecule has 3 aliphatic carbocycles. The van der Waals surface area contributed by atoms with Gasteiger partial charge in [-0.1, -0.05) is 37.1 Å². The minimum Gasteiger partial charge on any atom is -0.352 e. The molecule has 0 aliphatic heterocycles. The third kappa shape index (κ3) is 3.59. The zero-order chi connectivity index (χ0) is 18.2. The van der Waals surface area contributed by atoms with Gasteiger partial charge in [0.15, 0.2) is 0 Å². The standard InChI is InChI=1S/C20H25ClN2O2/c1-12(24)23-15-6-7-18(21)16(11-15)19(25)22-9-8-13-4-5-14-10-17(13)20(14,2)3/h4,6-7,11,14,17H,5,8-10H2,1-3H3,(H,22,25)(H,23,24)/t14-,17-/m0/s1. The van der Waals surface area contributed by atoms with E-state index in [-0.39, 0.29) is 11.8 Å². The molecular weight excluding hydrogens is 336 g/mol. The lowest BCUT2D eigenvalue weighted by Gasteiger charge is -2.56. The summed E-state index contributed by atoms with van der Waals surface area (Å²) in [5.41, 5.74) is 2.84. The minimum absolute atomic E-state index is 0.181. The van der Waals surface area contributed by atoms with Gasteiger partial charge in [-0.3, -0.25) is 9.59 Å². The number of nitrogens with one attached hydrogen (secondary N) is 2. The van der Waals surface area contributed by atoms with Gasteiger partial charge < -0.3 is 10.6 Å². The summed E-state index contributed by atoms with van der Waals surface area (Å²) in [6.07, 6.45) is 5.70. The first-order valence-electron chi connectivity index (χ1n) is 8.83. The molecule has 1 aromatic carbocycles. The van der Waals surface area contributed by atoms with Crippen molar-refractivity contribution in [2.24, 2.45) is 17.3 Å². The number of carbonyl (C=O) groups excluding carboxylic acids is 2. The summed E-state index contributed by atoms with van der Waals surface area (Å²) < 4.78 is 0. The van der Waals surface area contributed by atoms with Gasteiger partial charge in [-0.2, -0.15) is 0 Å². The molecule has 5 heteroatoms. The fourth-order valence-corrected chi connectivity index (χ4v) is 4.36. The maximum Gasteiger partial charge on any atom is 0.252 e. The summed E-state index contributed by atoms with van der Waals surface area (Å²) in [5.74, 6) is 1.10. The molecule has 0 heterocycles. The van der Waals surface area contributed by atoms with Gasteiger partial charge in [-0.15, -0.1) is 0 Å². The van der Waals surface area contributed by atoms with E-state index in [2.05, 4.69) is 30.6 Å². The monoisotopic (exact) mass is 360 g/mol. The van der Waals surface area contributed by atoms with Crippen molar-refractivity contribution in [3.05, 3.63) is 40.4 Å². The molecule has 0 radical (unpaired) electrons. The molecule has 2 atom stereocenters. The van der Waals surface area contributed by atoms with E-state index in [1.54, 1.807) is 18.2 Å². The van der Waals surface area contributed by atoms with Crippen LogP contribution in [0.2, 0.25) is 5.02 Å². The molecule has 0 spiro atoms. The second-order valence-electron chi connectivity index (χ2n) is 7.70. The Labute approximate surface area is 154 Å². The van der Waals surface area contributed by atoms with Gasteiger partial charge in [0.25, 0.3) is 5.91 Å². The van der Waals surface area contributed by atoms with Gasteiger partial charge in [0, 0.05) is 19.2 Å². The Morgan fingerprint density at radius 2 is 2.08 bits per heavy atom. The van der Waals surface area contributed by atoms with E-state index < -0.39 is 0 Å². The summed E-state index contributed by atoms with van der Waals surface area (Å²) in [6, 6.07) is 4.92. The van der Waals surface area contributed by atoms with Gasteiger partial charge in [-0.05, 0) is 54.7 Å². The lowest BCUT2D eigenvalue weighted by Crippen LogP contribution is -2.48.